The average molecular weight is 280 g/mol. The van der Waals surface area contributed by atoms with Gasteiger partial charge in [-0.3, -0.25) is 10.1 Å². The Bertz CT molecular complexity index is 643. The molecule has 2 aromatic carbocycles. The summed E-state index contributed by atoms with van der Waals surface area (Å²) in [6.07, 6.45) is 0. The second-order valence-corrected chi connectivity index (χ2v) is 4.30. The molecular weight excluding hydrogens is 270 g/mol. The molecule has 0 saturated carbocycles. The van der Waals surface area contributed by atoms with Crippen molar-refractivity contribution in [2.75, 3.05) is 0 Å². The zero-order chi connectivity index (χ0) is 14.0. The first-order chi connectivity index (χ1) is 8.99. The third-order valence-electron chi connectivity index (χ3n) is 2.53. The van der Waals surface area contributed by atoms with Crippen molar-refractivity contribution < 1.29 is 14.8 Å². The molecule has 0 aromatic heterocycles. The number of hydrogen-bond acceptors (Lipinski definition) is 4. The smallest absolute Gasteiger partial charge is 0.288 e. The number of phenolic OH excluding ortho intramolecular Hbond substituents is 1. The van der Waals surface area contributed by atoms with Gasteiger partial charge in [-0.1, -0.05) is 23.7 Å². The van der Waals surface area contributed by atoms with Crippen molar-refractivity contribution in [1.82, 2.24) is 0 Å². The zero-order valence-corrected chi connectivity index (χ0v) is 10.7. The minimum absolute atomic E-state index is 0.0129. The molecule has 0 unspecified atom stereocenters. The van der Waals surface area contributed by atoms with Gasteiger partial charge in [-0.25, -0.2) is 0 Å². The van der Waals surface area contributed by atoms with E-state index in [9.17, 15) is 15.2 Å². The lowest BCUT2D eigenvalue weighted by atomic mass is 10.2. The van der Waals surface area contributed by atoms with E-state index in [4.69, 9.17) is 16.3 Å². The van der Waals surface area contributed by atoms with Crippen LogP contribution in [-0.2, 0) is 0 Å². The monoisotopic (exact) mass is 279 g/mol. The van der Waals surface area contributed by atoms with Crippen molar-refractivity contribution in [3.63, 3.8) is 0 Å². The Morgan fingerprint density at radius 2 is 1.95 bits per heavy atom. The number of phenols is 1. The summed E-state index contributed by atoms with van der Waals surface area (Å²) in [6, 6.07) is 9.14. The summed E-state index contributed by atoms with van der Waals surface area (Å²) in [5.41, 5.74) is 0.378. The molecule has 2 rings (SSSR count). The van der Waals surface area contributed by atoms with E-state index in [0.717, 1.165) is 0 Å². The molecule has 0 atom stereocenters. The average Bonchev–Trinajstić information content (AvgIpc) is 2.35. The molecule has 0 aliphatic carbocycles. The van der Waals surface area contributed by atoms with Crippen molar-refractivity contribution in [2.45, 2.75) is 6.92 Å². The Morgan fingerprint density at radius 1 is 1.26 bits per heavy atom. The maximum Gasteiger partial charge on any atom is 0.288 e. The van der Waals surface area contributed by atoms with Gasteiger partial charge in [-0.2, -0.15) is 0 Å². The minimum atomic E-state index is -0.556. The van der Waals surface area contributed by atoms with Gasteiger partial charge in [0, 0.05) is 12.1 Å². The normalized spacial score (nSPS) is 10.2. The molecule has 5 nitrogen and oxygen atoms in total. The Balaban J connectivity index is 2.39. The molecule has 19 heavy (non-hydrogen) atoms. The number of benzene rings is 2. The summed E-state index contributed by atoms with van der Waals surface area (Å²) < 4.78 is 5.50. The molecule has 0 saturated heterocycles. The van der Waals surface area contributed by atoms with Crippen molar-refractivity contribution >= 4 is 17.3 Å². The third-order valence-corrected chi connectivity index (χ3v) is 2.83. The van der Waals surface area contributed by atoms with E-state index in [2.05, 4.69) is 0 Å². The van der Waals surface area contributed by atoms with E-state index < -0.39 is 4.92 Å². The van der Waals surface area contributed by atoms with Crippen molar-refractivity contribution in [1.29, 1.82) is 0 Å². The molecule has 0 spiro atoms. The molecule has 2 aromatic rings. The lowest BCUT2D eigenvalue weighted by Crippen LogP contribution is -1.93. The van der Waals surface area contributed by atoms with Crippen LogP contribution in [0.4, 0.5) is 5.69 Å². The predicted molar refractivity (Wildman–Crippen MR) is 71.0 cm³/mol. The van der Waals surface area contributed by atoms with E-state index in [1.807, 2.05) is 0 Å². The number of nitro benzene ring substituents is 1. The summed E-state index contributed by atoms with van der Waals surface area (Å²) in [6.45, 7) is 1.67. The summed E-state index contributed by atoms with van der Waals surface area (Å²) in [7, 11) is 0. The van der Waals surface area contributed by atoms with Crippen LogP contribution in [0.3, 0.4) is 0 Å². The number of ether oxygens (including phenoxy) is 1. The van der Waals surface area contributed by atoms with Crippen LogP contribution in [0.1, 0.15) is 5.56 Å². The minimum Gasteiger partial charge on any atom is -0.504 e. The molecule has 0 aliphatic rings. The summed E-state index contributed by atoms with van der Waals surface area (Å²) in [4.78, 5) is 10.2. The molecule has 0 aliphatic heterocycles. The molecule has 98 valence electrons. The number of aromatic hydroxyl groups is 1. The molecule has 0 heterocycles. The largest absolute Gasteiger partial charge is 0.504 e. The summed E-state index contributed by atoms with van der Waals surface area (Å²) in [5.74, 6) is 0.601. The molecule has 0 bridgehead atoms. The van der Waals surface area contributed by atoms with Crippen LogP contribution in [0.25, 0.3) is 0 Å². The third kappa shape index (κ3) is 2.77. The number of hydrogen-bond donors (Lipinski definition) is 1. The number of rotatable bonds is 3. The first-order valence-corrected chi connectivity index (χ1v) is 5.77. The highest BCUT2D eigenvalue weighted by Gasteiger charge is 2.16. The zero-order valence-electron chi connectivity index (χ0n) is 9.96. The van der Waals surface area contributed by atoms with Crippen molar-refractivity contribution in [2.24, 2.45) is 0 Å². The van der Waals surface area contributed by atoms with Gasteiger partial charge < -0.3 is 9.84 Å². The second-order valence-electron chi connectivity index (χ2n) is 3.90. The molecule has 0 amide bonds. The van der Waals surface area contributed by atoms with Gasteiger partial charge in [0.15, 0.2) is 11.5 Å². The topological polar surface area (TPSA) is 72.6 Å². The molecule has 1 N–H and O–H groups in total. The van der Waals surface area contributed by atoms with Gasteiger partial charge in [0.1, 0.15) is 10.8 Å². The molecule has 0 radical (unpaired) electrons. The van der Waals surface area contributed by atoms with Crippen LogP contribution < -0.4 is 4.74 Å². The maximum absolute atomic E-state index is 10.7. The number of halogens is 1. The van der Waals surface area contributed by atoms with Crippen molar-refractivity contribution in [3.8, 4) is 17.2 Å². The van der Waals surface area contributed by atoms with E-state index in [1.54, 1.807) is 25.1 Å². The number of para-hydroxylation sites is 2. The van der Waals surface area contributed by atoms with Gasteiger partial charge in [-0.05, 0) is 24.6 Å². The Hall–Kier alpha value is -2.27. The van der Waals surface area contributed by atoms with Crippen molar-refractivity contribution in [3.05, 3.63) is 57.1 Å². The van der Waals surface area contributed by atoms with Crippen LogP contribution in [0.5, 0.6) is 17.2 Å². The number of nitro groups is 1. The lowest BCUT2D eigenvalue weighted by Gasteiger charge is -2.10. The predicted octanol–water partition coefficient (Wildman–Crippen LogP) is 4.05. The maximum atomic E-state index is 10.7. The van der Waals surface area contributed by atoms with E-state index in [0.29, 0.717) is 11.3 Å². The van der Waals surface area contributed by atoms with Crippen LogP contribution in [0.15, 0.2) is 36.4 Å². The van der Waals surface area contributed by atoms with Crippen LogP contribution in [-0.4, -0.2) is 10.0 Å². The summed E-state index contributed by atoms with van der Waals surface area (Å²) in [5, 5.41) is 20.3. The van der Waals surface area contributed by atoms with Crippen LogP contribution in [0.2, 0.25) is 5.02 Å². The van der Waals surface area contributed by atoms with E-state index in [-0.39, 0.29) is 22.2 Å². The fourth-order valence-electron chi connectivity index (χ4n) is 1.56. The standard InChI is InChI=1S/C13H10ClNO4/c1-8-6-10(15(17)18)9(14)7-13(8)19-12-5-3-2-4-11(12)16/h2-7,16H,1H3. The van der Waals surface area contributed by atoms with E-state index >= 15 is 0 Å². The fraction of sp³-hybridized carbons (Fsp3) is 0.0769. The lowest BCUT2D eigenvalue weighted by molar-refractivity contribution is -0.384. The Labute approximate surface area is 114 Å². The molecule has 6 heteroatoms. The SMILES string of the molecule is Cc1cc([N+](=O)[O-])c(Cl)cc1Oc1ccccc1O. The highest BCUT2D eigenvalue weighted by Crippen LogP contribution is 2.36. The molecular formula is C13H10ClNO4. The quantitative estimate of drug-likeness (QED) is 0.679. The van der Waals surface area contributed by atoms with Gasteiger partial charge in [0.2, 0.25) is 0 Å². The van der Waals surface area contributed by atoms with Crippen LogP contribution >= 0.6 is 11.6 Å². The first kappa shape index (κ1) is 13.2. The Morgan fingerprint density at radius 3 is 2.58 bits per heavy atom. The highest BCUT2D eigenvalue weighted by atomic mass is 35.5. The fourth-order valence-corrected chi connectivity index (χ4v) is 1.78. The number of aryl methyl sites for hydroxylation is 1. The van der Waals surface area contributed by atoms with Gasteiger partial charge in [0.05, 0.1) is 4.92 Å². The molecule has 0 fully saturated rings. The highest BCUT2D eigenvalue weighted by molar-refractivity contribution is 6.32. The van der Waals surface area contributed by atoms with Gasteiger partial charge in [0.25, 0.3) is 5.69 Å². The number of nitrogens with zero attached hydrogens (tertiary/aromatic N) is 1. The first-order valence-electron chi connectivity index (χ1n) is 5.39. The van der Waals surface area contributed by atoms with E-state index in [1.165, 1.54) is 18.2 Å². The summed E-state index contributed by atoms with van der Waals surface area (Å²) >= 11 is 5.82. The van der Waals surface area contributed by atoms with Crippen LogP contribution in [0, 0.1) is 17.0 Å². The second kappa shape index (κ2) is 5.16. The Kier molecular flexibility index (Phi) is 3.57. The van der Waals surface area contributed by atoms with Gasteiger partial charge >= 0.3 is 0 Å². The van der Waals surface area contributed by atoms with Gasteiger partial charge in [-0.15, -0.1) is 0 Å².